The van der Waals surface area contributed by atoms with Gasteiger partial charge in [-0.3, -0.25) is 4.79 Å². The number of nitrogens with two attached hydrogens (primary N) is 1. The predicted molar refractivity (Wildman–Crippen MR) is 75.6 cm³/mol. The lowest BCUT2D eigenvalue weighted by Crippen LogP contribution is -2.38. The number of methoxy groups -OCH3 is 1. The number of benzene rings is 1. The van der Waals surface area contributed by atoms with Crippen LogP contribution in [-0.4, -0.2) is 25.6 Å². The van der Waals surface area contributed by atoms with Gasteiger partial charge in [0.15, 0.2) is 0 Å². The second-order valence-corrected chi connectivity index (χ2v) is 4.27. The highest BCUT2D eigenvalue weighted by Gasteiger charge is 2.11. The van der Waals surface area contributed by atoms with Gasteiger partial charge in [0.25, 0.3) is 0 Å². The van der Waals surface area contributed by atoms with Gasteiger partial charge in [-0.15, -0.1) is 12.4 Å². The molecule has 0 radical (unpaired) electrons. The van der Waals surface area contributed by atoms with Crippen LogP contribution in [-0.2, 0) is 11.2 Å². The normalized spacial score (nSPS) is 11.3. The number of nitrogens with one attached hydrogen (secondary N) is 1. The van der Waals surface area contributed by atoms with E-state index in [2.05, 4.69) is 5.32 Å². The van der Waals surface area contributed by atoms with E-state index in [1.807, 2.05) is 6.92 Å². The smallest absolute Gasteiger partial charge is 0.224 e. The molecule has 0 spiro atoms. The Morgan fingerprint density at radius 2 is 2.22 bits per heavy atom. The highest BCUT2D eigenvalue weighted by molar-refractivity contribution is 6.30. The number of carbonyl (C=O) groups is 1. The molecule has 102 valence electrons. The lowest BCUT2D eigenvalue weighted by molar-refractivity contribution is -0.121. The van der Waals surface area contributed by atoms with Crippen molar-refractivity contribution >= 4 is 29.9 Å². The van der Waals surface area contributed by atoms with Crippen molar-refractivity contribution in [2.45, 2.75) is 19.4 Å². The van der Waals surface area contributed by atoms with Crippen molar-refractivity contribution in [2.24, 2.45) is 5.73 Å². The summed E-state index contributed by atoms with van der Waals surface area (Å²) in [5.74, 6) is 0.563. The molecule has 1 atom stereocenters. The van der Waals surface area contributed by atoms with E-state index in [9.17, 15) is 4.79 Å². The van der Waals surface area contributed by atoms with Crippen LogP contribution < -0.4 is 15.8 Å². The molecule has 3 N–H and O–H groups in total. The molecule has 0 saturated carbocycles. The summed E-state index contributed by atoms with van der Waals surface area (Å²) in [6, 6.07) is 5.17. The Hall–Kier alpha value is -0.970. The first-order valence-electron chi connectivity index (χ1n) is 5.38. The molecule has 0 fully saturated rings. The molecule has 0 aliphatic carbocycles. The number of amides is 1. The van der Waals surface area contributed by atoms with E-state index in [4.69, 9.17) is 22.1 Å². The highest BCUT2D eigenvalue weighted by Crippen LogP contribution is 2.22. The van der Waals surface area contributed by atoms with Gasteiger partial charge in [-0.25, -0.2) is 0 Å². The zero-order valence-corrected chi connectivity index (χ0v) is 12.0. The highest BCUT2D eigenvalue weighted by atomic mass is 35.5. The fourth-order valence-corrected chi connectivity index (χ4v) is 1.64. The Kier molecular flexibility index (Phi) is 7.75. The fraction of sp³-hybridized carbons (Fsp3) is 0.417. The minimum absolute atomic E-state index is 0. The molecule has 1 aromatic carbocycles. The molecule has 0 unspecified atom stereocenters. The van der Waals surface area contributed by atoms with E-state index in [1.165, 1.54) is 0 Å². The van der Waals surface area contributed by atoms with Crippen molar-refractivity contribution < 1.29 is 9.53 Å². The Labute approximate surface area is 118 Å². The maximum Gasteiger partial charge on any atom is 0.224 e. The molecular weight excluding hydrogens is 275 g/mol. The number of carbonyl (C=O) groups excluding carboxylic acids is 1. The van der Waals surface area contributed by atoms with Gasteiger partial charge in [-0.05, 0) is 25.1 Å². The van der Waals surface area contributed by atoms with E-state index >= 15 is 0 Å². The molecule has 6 heteroatoms. The molecule has 0 aromatic heterocycles. The molecular formula is C12H18Cl2N2O2. The zero-order chi connectivity index (χ0) is 12.8. The maximum atomic E-state index is 11.7. The van der Waals surface area contributed by atoms with E-state index in [0.29, 0.717) is 17.3 Å². The van der Waals surface area contributed by atoms with E-state index in [1.54, 1.807) is 25.3 Å². The minimum Gasteiger partial charge on any atom is -0.496 e. The van der Waals surface area contributed by atoms with Crippen LogP contribution in [0.15, 0.2) is 18.2 Å². The molecule has 0 aliphatic rings. The second kappa shape index (κ2) is 8.19. The summed E-state index contributed by atoms with van der Waals surface area (Å²) in [6.45, 7) is 2.27. The monoisotopic (exact) mass is 292 g/mol. The van der Waals surface area contributed by atoms with Gasteiger partial charge < -0.3 is 15.8 Å². The molecule has 1 amide bonds. The van der Waals surface area contributed by atoms with Gasteiger partial charge in [0.05, 0.1) is 13.5 Å². The van der Waals surface area contributed by atoms with Gasteiger partial charge in [-0.2, -0.15) is 0 Å². The Balaban J connectivity index is 0.00000289. The average molecular weight is 293 g/mol. The Morgan fingerprint density at radius 1 is 1.56 bits per heavy atom. The topological polar surface area (TPSA) is 64.3 Å². The third-order valence-corrected chi connectivity index (χ3v) is 2.59. The minimum atomic E-state index is -0.0940. The zero-order valence-electron chi connectivity index (χ0n) is 10.4. The molecule has 0 heterocycles. The van der Waals surface area contributed by atoms with Crippen LogP contribution in [0.5, 0.6) is 5.75 Å². The van der Waals surface area contributed by atoms with Crippen molar-refractivity contribution in [3.05, 3.63) is 28.8 Å². The lowest BCUT2D eigenvalue weighted by Gasteiger charge is -2.13. The quantitative estimate of drug-likeness (QED) is 0.869. The van der Waals surface area contributed by atoms with Crippen LogP contribution in [0.1, 0.15) is 12.5 Å². The van der Waals surface area contributed by atoms with E-state index < -0.39 is 0 Å². The average Bonchev–Trinajstić information content (AvgIpc) is 2.29. The third kappa shape index (κ3) is 5.12. The fourth-order valence-electron chi connectivity index (χ4n) is 1.44. The van der Waals surface area contributed by atoms with Crippen molar-refractivity contribution in [2.75, 3.05) is 13.7 Å². The van der Waals surface area contributed by atoms with E-state index in [-0.39, 0.29) is 30.8 Å². The Bertz CT molecular complexity index is 400. The van der Waals surface area contributed by atoms with Gasteiger partial charge in [0.2, 0.25) is 5.91 Å². The van der Waals surface area contributed by atoms with Crippen molar-refractivity contribution in [3.8, 4) is 5.75 Å². The Morgan fingerprint density at radius 3 is 2.78 bits per heavy atom. The summed E-state index contributed by atoms with van der Waals surface area (Å²) < 4.78 is 5.17. The largest absolute Gasteiger partial charge is 0.496 e. The van der Waals surface area contributed by atoms with Gasteiger partial charge in [0, 0.05) is 23.2 Å². The van der Waals surface area contributed by atoms with Crippen LogP contribution in [0.2, 0.25) is 5.02 Å². The molecule has 4 nitrogen and oxygen atoms in total. The number of rotatable bonds is 5. The van der Waals surface area contributed by atoms with Crippen molar-refractivity contribution in [1.82, 2.24) is 5.32 Å². The molecule has 1 rings (SSSR count). The second-order valence-electron chi connectivity index (χ2n) is 3.84. The third-order valence-electron chi connectivity index (χ3n) is 2.35. The van der Waals surface area contributed by atoms with Crippen molar-refractivity contribution in [3.63, 3.8) is 0 Å². The maximum absolute atomic E-state index is 11.7. The molecule has 1 aromatic rings. The number of ether oxygens (including phenoxy) is 1. The number of halogens is 2. The summed E-state index contributed by atoms with van der Waals surface area (Å²) in [4.78, 5) is 11.7. The van der Waals surface area contributed by atoms with Crippen molar-refractivity contribution in [1.29, 1.82) is 0 Å². The predicted octanol–water partition coefficient (Wildman–Crippen LogP) is 1.78. The molecule has 18 heavy (non-hydrogen) atoms. The van der Waals surface area contributed by atoms with Gasteiger partial charge in [0.1, 0.15) is 5.75 Å². The first-order valence-corrected chi connectivity index (χ1v) is 5.76. The summed E-state index contributed by atoms with van der Waals surface area (Å²) in [5.41, 5.74) is 6.20. The standard InChI is InChI=1S/C12H17ClN2O2.ClH/c1-8(7-14)15-12(16)6-9-5-10(13)3-4-11(9)17-2;/h3-5,8H,6-7,14H2,1-2H3,(H,15,16);1H/t8-;/m0./s1. The van der Waals surface area contributed by atoms with E-state index in [0.717, 1.165) is 5.56 Å². The first kappa shape index (κ1) is 17.0. The van der Waals surface area contributed by atoms with Crippen LogP contribution in [0.3, 0.4) is 0 Å². The lowest BCUT2D eigenvalue weighted by atomic mass is 10.1. The summed E-state index contributed by atoms with van der Waals surface area (Å²) in [7, 11) is 1.56. The van der Waals surface area contributed by atoms with Crippen LogP contribution >= 0.6 is 24.0 Å². The summed E-state index contributed by atoms with van der Waals surface area (Å²) >= 11 is 5.88. The van der Waals surface area contributed by atoms with Crippen LogP contribution in [0.4, 0.5) is 0 Å². The molecule has 0 saturated heterocycles. The van der Waals surface area contributed by atoms with Gasteiger partial charge >= 0.3 is 0 Å². The van der Waals surface area contributed by atoms with Gasteiger partial charge in [-0.1, -0.05) is 11.6 Å². The first-order chi connectivity index (χ1) is 8.06. The van der Waals surface area contributed by atoms with Crippen LogP contribution in [0.25, 0.3) is 0 Å². The summed E-state index contributed by atoms with van der Waals surface area (Å²) in [6.07, 6.45) is 0.230. The number of hydrogen-bond acceptors (Lipinski definition) is 3. The van der Waals surface area contributed by atoms with Crippen LogP contribution in [0, 0.1) is 0 Å². The SMILES string of the molecule is COc1ccc(Cl)cc1CC(=O)N[C@@H](C)CN.Cl. The summed E-state index contributed by atoms with van der Waals surface area (Å²) in [5, 5.41) is 3.37. The number of hydrogen-bond donors (Lipinski definition) is 2. The molecule has 0 aliphatic heterocycles. The molecule has 0 bridgehead atoms.